The topological polar surface area (TPSA) is 70.8 Å². The van der Waals surface area contributed by atoms with E-state index in [1.54, 1.807) is 4.90 Å². The summed E-state index contributed by atoms with van der Waals surface area (Å²) in [6.45, 7) is 2.71. The van der Waals surface area contributed by atoms with Gasteiger partial charge in [-0.15, -0.1) is 0 Å². The van der Waals surface area contributed by atoms with Crippen molar-refractivity contribution in [3.05, 3.63) is 36.1 Å². The lowest BCUT2D eigenvalue weighted by Gasteiger charge is -2.19. The molecule has 1 saturated heterocycles. The third-order valence-electron chi connectivity index (χ3n) is 5.46. The first-order valence-corrected chi connectivity index (χ1v) is 8.54. The lowest BCUT2D eigenvalue weighted by atomic mass is 9.92. The highest BCUT2D eigenvalue weighted by Crippen LogP contribution is 2.44. The van der Waals surface area contributed by atoms with E-state index in [0.717, 1.165) is 23.8 Å². The van der Waals surface area contributed by atoms with Crippen molar-refractivity contribution in [3.63, 3.8) is 0 Å². The monoisotopic (exact) mass is 327 g/mol. The fraction of sp³-hybridized carbons (Fsp3) is 0.474. The average molecular weight is 327 g/mol. The van der Waals surface area contributed by atoms with Gasteiger partial charge in [0.25, 0.3) is 0 Å². The number of amides is 1. The fourth-order valence-corrected chi connectivity index (χ4v) is 3.88. The highest BCUT2D eigenvalue weighted by Gasteiger charge is 2.47. The number of nitrogens with zero attached hydrogens (tertiary/aromatic N) is 1. The molecule has 4 rings (SSSR count). The molecule has 0 bridgehead atoms. The van der Waals surface area contributed by atoms with Gasteiger partial charge in [0.15, 0.2) is 0 Å². The van der Waals surface area contributed by atoms with Crippen LogP contribution in [-0.4, -0.2) is 35.0 Å². The van der Waals surface area contributed by atoms with Gasteiger partial charge in [0.1, 0.15) is 11.3 Å². The molecule has 126 valence electrons. The van der Waals surface area contributed by atoms with E-state index < -0.39 is 17.8 Å². The molecule has 1 unspecified atom stereocenters. The normalized spacial score (nSPS) is 25.1. The van der Waals surface area contributed by atoms with Crippen molar-refractivity contribution >= 4 is 22.8 Å². The number of furan rings is 1. The highest BCUT2D eigenvalue weighted by atomic mass is 16.4. The molecule has 2 aliphatic rings. The molecule has 5 nitrogen and oxygen atoms in total. The predicted molar refractivity (Wildman–Crippen MR) is 88.5 cm³/mol. The van der Waals surface area contributed by atoms with E-state index in [9.17, 15) is 14.7 Å². The summed E-state index contributed by atoms with van der Waals surface area (Å²) in [5.41, 5.74) is 0.771. The Labute approximate surface area is 140 Å². The van der Waals surface area contributed by atoms with Gasteiger partial charge < -0.3 is 14.4 Å². The van der Waals surface area contributed by atoms with Crippen molar-refractivity contribution in [3.8, 4) is 0 Å². The molecule has 3 atom stereocenters. The van der Waals surface area contributed by atoms with Crippen LogP contribution in [-0.2, 0) is 9.59 Å². The molecule has 1 amide bonds. The minimum absolute atomic E-state index is 0.0385. The molecule has 24 heavy (non-hydrogen) atoms. The molecular weight excluding hydrogens is 306 g/mol. The van der Waals surface area contributed by atoms with E-state index in [-0.39, 0.29) is 11.8 Å². The zero-order valence-corrected chi connectivity index (χ0v) is 13.6. The van der Waals surface area contributed by atoms with Gasteiger partial charge in [-0.3, -0.25) is 9.59 Å². The van der Waals surface area contributed by atoms with Crippen LogP contribution < -0.4 is 0 Å². The summed E-state index contributed by atoms with van der Waals surface area (Å²) in [7, 11) is 0. The number of fused-ring (bicyclic) bond motifs is 1. The number of carbonyl (C=O) groups is 2. The van der Waals surface area contributed by atoms with E-state index in [1.807, 2.05) is 37.3 Å². The Morgan fingerprint density at radius 1 is 1.25 bits per heavy atom. The molecule has 0 radical (unpaired) electrons. The Kier molecular flexibility index (Phi) is 3.59. The summed E-state index contributed by atoms with van der Waals surface area (Å²) in [6, 6.07) is 9.59. The molecule has 1 aliphatic heterocycles. The van der Waals surface area contributed by atoms with E-state index in [4.69, 9.17) is 4.42 Å². The number of likely N-dealkylation sites (tertiary alicyclic amines) is 1. The van der Waals surface area contributed by atoms with Gasteiger partial charge in [-0.2, -0.15) is 0 Å². The van der Waals surface area contributed by atoms with Crippen LogP contribution in [0.1, 0.15) is 31.4 Å². The maximum Gasteiger partial charge on any atom is 0.308 e. The maximum absolute atomic E-state index is 12.9. The van der Waals surface area contributed by atoms with Crippen molar-refractivity contribution in [1.29, 1.82) is 0 Å². The van der Waals surface area contributed by atoms with Gasteiger partial charge in [0.2, 0.25) is 5.91 Å². The van der Waals surface area contributed by atoms with Crippen LogP contribution in [0.4, 0.5) is 0 Å². The average Bonchev–Trinajstić information content (AvgIpc) is 3.17. The van der Waals surface area contributed by atoms with E-state index in [2.05, 4.69) is 0 Å². The molecule has 5 heteroatoms. The van der Waals surface area contributed by atoms with Gasteiger partial charge >= 0.3 is 5.97 Å². The summed E-state index contributed by atoms with van der Waals surface area (Å²) in [5, 5.41) is 10.4. The van der Waals surface area contributed by atoms with Crippen LogP contribution in [0.25, 0.3) is 11.0 Å². The van der Waals surface area contributed by atoms with Crippen molar-refractivity contribution in [1.82, 2.24) is 4.90 Å². The van der Waals surface area contributed by atoms with Crippen molar-refractivity contribution in [2.24, 2.45) is 17.8 Å². The van der Waals surface area contributed by atoms with E-state index in [0.29, 0.717) is 24.8 Å². The number of hydrogen-bond donors (Lipinski definition) is 1. The third-order valence-corrected chi connectivity index (χ3v) is 5.46. The standard InChI is InChI=1S/C19H21NO4/c1-11(17-8-13-4-2-3-5-16(13)24-17)18(21)20-9-14(12-6-7-12)15(10-20)19(22)23/h2-5,8,11-12,14-15H,6-7,9-10H2,1H3,(H,22,23)/t11?,14-,15+/m1/s1. The van der Waals surface area contributed by atoms with E-state index >= 15 is 0 Å². The van der Waals surface area contributed by atoms with E-state index in [1.165, 1.54) is 0 Å². The van der Waals surface area contributed by atoms with Gasteiger partial charge in [0.05, 0.1) is 11.8 Å². The lowest BCUT2D eigenvalue weighted by molar-refractivity contribution is -0.142. The number of carboxylic acids is 1. The van der Waals surface area contributed by atoms with Crippen LogP contribution in [0, 0.1) is 17.8 Å². The molecule has 1 saturated carbocycles. The number of para-hydroxylation sites is 1. The molecular formula is C19H21NO4. The first-order valence-electron chi connectivity index (χ1n) is 8.54. The molecule has 2 heterocycles. The van der Waals surface area contributed by atoms with Gasteiger partial charge in [0, 0.05) is 18.5 Å². The molecule has 2 fully saturated rings. The number of carbonyl (C=O) groups excluding carboxylic acids is 1. The minimum Gasteiger partial charge on any atom is -0.481 e. The highest BCUT2D eigenvalue weighted by molar-refractivity contribution is 5.86. The smallest absolute Gasteiger partial charge is 0.308 e. The number of rotatable bonds is 4. The largest absolute Gasteiger partial charge is 0.481 e. The number of carboxylic acid groups (broad SMARTS) is 1. The number of hydrogen-bond acceptors (Lipinski definition) is 3. The summed E-state index contributed by atoms with van der Waals surface area (Å²) in [6.07, 6.45) is 2.19. The van der Waals surface area contributed by atoms with Crippen molar-refractivity contribution in [2.75, 3.05) is 13.1 Å². The quantitative estimate of drug-likeness (QED) is 0.936. The van der Waals surface area contributed by atoms with Gasteiger partial charge in [-0.1, -0.05) is 18.2 Å². The van der Waals surface area contributed by atoms with Crippen LogP contribution >= 0.6 is 0 Å². The Morgan fingerprint density at radius 2 is 2.00 bits per heavy atom. The van der Waals surface area contributed by atoms with Crippen molar-refractivity contribution < 1.29 is 19.1 Å². The molecule has 1 aromatic heterocycles. The Hall–Kier alpha value is -2.30. The summed E-state index contributed by atoms with van der Waals surface area (Å²) in [5.74, 6) is -0.418. The Bertz CT molecular complexity index is 759. The predicted octanol–water partition coefficient (Wildman–Crippen LogP) is 3.11. The minimum atomic E-state index is -0.779. The molecule has 1 N–H and O–H groups in total. The SMILES string of the molecule is CC(C(=O)N1C[C@H](C(=O)O)[C@@H](C2CC2)C1)c1cc2ccccc2o1. The van der Waals surface area contributed by atoms with Crippen LogP contribution in [0.3, 0.4) is 0 Å². The fourth-order valence-electron chi connectivity index (χ4n) is 3.88. The first-order chi connectivity index (χ1) is 11.5. The second-order valence-corrected chi connectivity index (χ2v) is 7.10. The third kappa shape index (κ3) is 2.58. The molecule has 1 aliphatic carbocycles. The van der Waals surface area contributed by atoms with Crippen LogP contribution in [0.2, 0.25) is 0 Å². The Morgan fingerprint density at radius 3 is 2.67 bits per heavy atom. The zero-order chi connectivity index (χ0) is 16.8. The van der Waals surface area contributed by atoms with Gasteiger partial charge in [-0.25, -0.2) is 0 Å². The summed E-state index contributed by atoms with van der Waals surface area (Å²) < 4.78 is 5.81. The molecule has 1 aromatic carbocycles. The lowest BCUT2D eigenvalue weighted by Crippen LogP contribution is -2.33. The Balaban J connectivity index is 1.53. The second kappa shape index (κ2) is 5.65. The van der Waals surface area contributed by atoms with Crippen LogP contribution in [0.5, 0.6) is 0 Å². The molecule has 0 spiro atoms. The first kappa shape index (κ1) is 15.2. The van der Waals surface area contributed by atoms with Gasteiger partial charge in [-0.05, 0) is 43.7 Å². The number of benzene rings is 1. The molecule has 2 aromatic rings. The summed E-state index contributed by atoms with van der Waals surface area (Å²) in [4.78, 5) is 26.1. The van der Waals surface area contributed by atoms with Crippen LogP contribution in [0.15, 0.2) is 34.7 Å². The zero-order valence-electron chi connectivity index (χ0n) is 13.6. The second-order valence-electron chi connectivity index (χ2n) is 7.10. The maximum atomic E-state index is 12.9. The summed E-state index contributed by atoms with van der Waals surface area (Å²) >= 11 is 0. The van der Waals surface area contributed by atoms with Crippen molar-refractivity contribution in [2.45, 2.75) is 25.7 Å². The number of aliphatic carboxylic acids is 1.